The SMILES string of the molecule is O=C(CS(=O)(=O)Cc1nc(C2CC2)no1)NCC1CC1. The molecule has 0 radical (unpaired) electrons. The van der Waals surface area contributed by atoms with Gasteiger partial charge in [0.15, 0.2) is 15.7 Å². The molecule has 0 spiro atoms. The molecule has 3 rings (SSSR count). The highest BCUT2D eigenvalue weighted by molar-refractivity contribution is 7.91. The van der Waals surface area contributed by atoms with E-state index in [1.807, 2.05) is 0 Å². The lowest BCUT2D eigenvalue weighted by Gasteiger charge is -2.03. The van der Waals surface area contributed by atoms with E-state index in [1.54, 1.807) is 0 Å². The van der Waals surface area contributed by atoms with Crippen molar-refractivity contribution in [1.82, 2.24) is 15.5 Å². The van der Waals surface area contributed by atoms with Gasteiger partial charge in [-0.25, -0.2) is 8.42 Å². The fourth-order valence-corrected chi connectivity index (χ4v) is 3.00. The van der Waals surface area contributed by atoms with Gasteiger partial charge in [0.05, 0.1) is 0 Å². The fraction of sp³-hybridized carbons (Fsp3) is 0.750. The molecule has 1 heterocycles. The first kappa shape index (κ1) is 13.5. The van der Waals surface area contributed by atoms with E-state index < -0.39 is 21.5 Å². The zero-order chi connectivity index (χ0) is 14.2. The van der Waals surface area contributed by atoms with Crippen LogP contribution in [0.3, 0.4) is 0 Å². The first-order valence-corrected chi connectivity index (χ1v) is 8.63. The van der Waals surface area contributed by atoms with E-state index in [1.165, 1.54) is 0 Å². The maximum absolute atomic E-state index is 11.9. The highest BCUT2D eigenvalue weighted by atomic mass is 32.2. The molecule has 0 bridgehead atoms. The Morgan fingerprint density at radius 1 is 1.30 bits per heavy atom. The first-order valence-electron chi connectivity index (χ1n) is 6.81. The predicted molar refractivity (Wildman–Crippen MR) is 69.5 cm³/mol. The van der Waals surface area contributed by atoms with Gasteiger partial charge in [0.25, 0.3) is 0 Å². The number of hydrogen-bond donors (Lipinski definition) is 1. The molecular formula is C12H17N3O4S. The van der Waals surface area contributed by atoms with Gasteiger partial charge in [-0.05, 0) is 31.6 Å². The molecular weight excluding hydrogens is 282 g/mol. The summed E-state index contributed by atoms with van der Waals surface area (Å²) in [6.07, 6.45) is 4.27. The van der Waals surface area contributed by atoms with Crippen LogP contribution in [-0.4, -0.2) is 36.8 Å². The summed E-state index contributed by atoms with van der Waals surface area (Å²) in [6.45, 7) is 0.570. The van der Waals surface area contributed by atoms with Crippen LogP contribution in [0.15, 0.2) is 4.52 Å². The number of amides is 1. The van der Waals surface area contributed by atoms with Gasteiger partial charge < -0.3 is 9.84 Å². The summed E-state index contributed by atoms with van der Waals surface area (Å²) in [6, 6.07) is 0. The van der Waals surface area contributed by atoms with E-state index in [-0.39, 0.29) is 11.6 Å². The van der Waals surface area contributed by atoms with Crippen LogP contribution in [0.2, 0.25) is 0 Å². The molecule has 0 aromatic carbocycles. The molecule has 2 aliphatic rings. The molecule has 1 amide bonds. The van der Waals surface area contributed by atoms with Crippen LogP contribution in [-0.2, 0) is 20.4 Å². The van der Waals surface area contributed by atoms with Gasteiger partial charge in [0.2, 0.25) is 11.8 Å². The van der Waals surface area contributed by atoms with E-state index in [4.69, 9.17) is 4.52 Å². The van der Waals surface area contributed by atoms with Crippen LogP contribution in [0.4, 0.5) is 0 Å². The van der Waals surface area contributed by atoms with Crippen LogP contribution < -0.4 is 5.32 Å². The van der Waals surface area contributed by atoms with Gasteiger partial charge in [-0.2, -0.15) is 4.98 Å². The maximum Gasteiger partial charge on any atom is 0.241 e. The number of nitrogens with one attached hydrogen (secondary N) is 1. The zero-order valence-corrected chi connectivity index (χ0v) is 11.9. The van der Waals surface area contributed by atoms with Crippen LogP contribution in [0.1, 0.15) is 43.3 Å². The molecule has 0 saturated heterocycles. The van der Waals surface area contributed by atoms with Crippen molar-refractivity contribution in [3.63, 3.8) is 0 Å². The number of rotatable bonds is 7. The Labute approximate surface area is 117 Å². The molecule has 1 aromatic rings. The first-order chi connectivity index (χ1) is 9.52. The monoisotopic (exact) mass is 299 g/mol. The quantitative estimate of drug-likeness (QED) is 0.781. The number of sulfone groups is 1. The van der Waals surface area contributed by atoms with Crippen LogP contribution in [0.25, 0.3) is 0 Å². The van der Waals surface area contributed by atoms with Crippen molar-refractivity contribution in [2.24, 2.45) is 5.92 Å². The molecule has 0 atom stereocenters. The smallest absolute Gasteiger partial charge is 0.241 e. The van der Waals surface area contributed by atoms with Crippen molar-refractivity contribution in [3.05, 3.63) is 11.7 Å². The number of carbonyl (C=O) groups excluding carboxylic acids is 1. The second-order valence-corrected chi connectivity index (χ2v) is 7.66. The number of carbonyl (C=O) groups is 1. The minimum atomic E-state index is -3.56. The molecule has 110 valence electrons. The van der Waals surface area contributed by atoms with Crippen molar-refractivity contribution in [2.75, 3.05) is 12.3 Å². The lowest BCUT2D eigenvalue weighted by atomic mass is 10.4. The second kappa shape index (κ2) is 5.16. The Kier molecular flexibility index (Phi) is 3.49. The summed E-state index contributed by atoms with van der Waals surface area (Å²) in [5.74, 6) is 0.134. The van der Waals surface area contributed by atoms with Gasteiger partial charge in [-0.15, -0.1) is 0 Å². The van der Waals surface area contributed by atoms with Gasteiger partial charge in [0, 0.05) is 12.5 Å². The molecule has 1 aromatic heterocycles. The van der Waals surface area contributed by atoms with E-state index in [0.717, 1.165) is 25.7 Å². The van der Waals surface area contributed by atoms with Crippen molar-refractivity contribution in [2.45, 2.75) is 37.4 Å². The number of nitrogens with zero attached hydrogens (tertiary/aromatic N) is 2. The molecule has 2 fully saturated rings. The average molecular weight is 299 g/mol. The molecule has 20 heavy (non-hydrogen) atoms. The number of aromatic nitrogens is 2. The largest absolute Gasteiger partial charge is 0.355 e. The van der Waals surface area contributed by atoms with Crippen molar-refractivity contribution in [3.8, 4) is 0 Å². The van der Waals surface area contributed by atoms with Crippen LogP contribution in [0, 0.1) is 5.92 Å². The lowest BCUT2D eigenvalue weighted by molar-refractivity contribution is -0.118. The molecule has 2 saturated carbocycles. The fourth-order valence-electron chi connectivity index (χ4n) is 1.90. The van der Waals surface area contributed by atoms with E-state index >= 15 is 0 Å². The normalized spacial score (nSPS) is 19.0. The van der Waals surface area contributed by atoms with Crippen molar-refractivity contribution < 1.29 is 17.7 Å². The van der Waals surface area contributed by atoms with E-state index in [9.17, 15) is 13.2 Å². The Bertz CT molecular complexity index is 602. The Morgan fingerprint density at radius 3 is 2.70 bits per heavy atom. The second-order valence-electron chi connectivity index (χ2n) is 5.60. The van der Waals surface area contributed by atoms with Gasteiger partial charge in [-0.1, -0.05) is 5.16 Å². The Balaban J connectivity index is 1.51. The van der Waals surface area contributed by atoms with Crippen molar-refractivity contribution in [1.29, 1.82) is 0 Å². The minimum Gasteiger partial charge on any atom is -0.355 e. The standard InChI is InChI=1S/C12H17N3O4S/c16-10(13-5-8-1-2-8)6-20(17,18)7-11-14-12(15-19-11)9-3-4-9/h8-9H,1-7H2,(H,13,16). The average Bonchev–Trinajstić information content (AvgIpc) is 3.27. The summed E-state index contributed by atoms with van der Waals surface area (Å²) < 4.78 is 28.7. The Hall–Kier alpha value is -1.44. The maximum atomic E-state index is 11.9. The third-order valence-electron chi connectivity index (χ3n) is 3.41. The molecule has 0 aliphatic heterocycles. The lowest BCUT2D eigenvalue weighted by Crippen LogP contribution is -2.32. The molecule has 1 N–H and O–H groups in total. The molecule has 8 heteroatoms. The minimum absolute atomic E-state index is 0.0712. The Morgan fingerprint density at radius 2 is 2.05 bits per heavy atom. The third-order valence-corrected chi connectivity index (χ3v) is 4.79. The van der Waals surface area contributed by atoms with Crippen LogP contribution in [0.5, 0.6) is 0 Å². The summed E-state index contributed by atoms with van der Waals surface area (Å²) >= 11 is 0. The van der Waals surface area contributed by atoms with Crippen molar-refractivity contribution >= 4 is 15.7 Å². The van der Waals surface area contributed by atoms with Crippen LogP contribution >= 0.6 is 0 Å². The summed E-state index contributed by atoms with van der Waals surface area (Å²) in [5, 5.41) is 6.39. The van der Waals surface area contributed by atoms with Gasteiger partial charge >= 0.3 is 0 Å². The summed E-state index contributed by atoms with van der Waals surface area (Å²) in [4.78, 5) is 15.6. The van der Waals surface area contributed by atoms with E-state index in [0.29, 0.717) is 24.2 Å². The van der Waals surface area contributed by atoms with Gasteiger partial charge in [0.1, 0.15) is 11.5 Å². The highest BCUT2D eigenvalue weighted by Gasteiger charge is 2.30. The molecule has 2 aliphatic carbocycles. The highest BCUT2D eigenvalue weighted by Crippen LogP contribution is 2.38. The zero-order valence-electron chi connectivity index (χ0n) is 11.0. The summed E-state index contributed by atoms with van der Waals surface area (Å²) in [5.41, 5.74) is 0. The summed E-state index contributed by atoms with van der Waals surface area (Å²) in [7, 11) is -3.56. The predicted octanol–water partition coefficient (Wildman–Crippen LogP) is 0.388. The molecule has 0 unspecified atom stereocenters. The topological polar surface area (TPSA) is 102 Å². The third kappa shape index (κ3) is 3.78. The van der Waals surface area contributed by atoms with E-state index in [2.05, 4.69) is 15.5 Å². The van der Waals surface area contributed by atoms with Gasteiger partial charge in [-0.3, -0.25) is 4.79 Å². The number of hydrogen-bond acceptors (Lipinski definition) is 6. The molecule has 7 nitrogen and oxygen atoms in total.